The maximum absolute atomic E-state index is 9.84. The lowest BCUT2D eigenvalue weighted by molar-refractivity contribution is -0.0244. The van der Waals surface area contributed by atoms with Gasteiger partial charge in [-0.25, -0.2) is 0 Å². The summed E-state index contributed by atoms with van der Waals surface area (Å²) in [7, 11) is 0. The lowest BCUT2D eigenvalue weighted by atomic mass is 9.98. The summed E-state index contributed by atoms with van der Waals surface area (Å²) < 4.78 is 5.72. The minimum Gasteiger partial charge on any atom is -0.395 e. The molecule has 1 fully saturated rings. The predicted molar refractivity (Wildman–Crippen MR) is 72.5 cm³/mol. The van der Waals surface area contributed by atoms with Crippen LogP contribution in [0.1, 0.15) is 46.0 Å². The lowest BCUT2D eigenvalue weighted by Crippen LogP contribution is -2.42. The van der Waals surface area contributed by atoms with E-state index in [2.05, 4.69) is 19.2 Å². The van der Waals surface area contributed by atoms with Crippen molar-refractivity contribution in [3.8, 4) is 0 Å². The van der Waals surface area contributed by atoms with Crippen LogP contribution in [0.4, 0.5) is 0 Å². The van der Waals surface area contributed by atoms with Crippen molar-refractivity contribution in [1.29, 1.82) is 0 Å². The molecule has 18 heavy (non-hydrogen) atoms. The van der Waals surface area contributed by atoms with Gasteiger partial charge in [0.1, 0.15) is 0 Å². The average Bonchev–Trinajstić information content (AvgIpc) is 2.38. The molecular formula is C14H29NO3. The first-order valence-electron chi connectivity index (χ1n) is 7.27. The van der Waals surface area contributed by atoms with Crippen LogP contribution in [0.2, 0.25) is 0 Å². The second-order valence-corrected chi connectivity index (χ2v) is 5.69. The van der Waals surface area contributed by atoms with Gasteiger partial charge in [0.05, 0.1) is 25.4 Å². The molecule has 0 heterocycles. The summed E-state index contributed by atoms with van der Waals surface area (Å²) >= 11 is 0. The Morgan fingerprint density at radius 3 is 2.44 bits per heavy atom. The van der Waals surface area contributed by atoms with Crippen molar-refractivity contribution in [3.05, 3.63) is 0 Å². The average molecular weight is 259 g/mol. The van der Waals surface area contributed by atoms with Crippen molar-refractivity contribution in [3.63, 3.8) is 0 Å². The molecule has 0 spiro atoms. The van der Waals surface area contributed by atoms with Gasteiger partial charge in [-0.05, 0) is 18.8 Å². The van der Waals surface area contributed by atoms with Crippen LogP contribution in [-0.2, 0) is 4.74 Å². The van der Waals surface area contributed by atoms with Crippen LogP contribution in [-0.4, -0.2) is 48.2 Å². The molecule has 108 valence electrons. The maximum Gasteiger partial charge on any atom is 0.0897 e. The van der Waals surface area contributed by atoms with E-state index in [1.54, 1.807) is 0 Å². The van der Waals surface area contributed by atoms with Gasteiger partial charge in [0.2, 0.25) is 0 Å². The Hall–Kier alpha value is -0.160. The number of hydrogen-bond acceptors (Lipinski definition) is 4. The van der Waals surface area contributed by atoms with Gasteiger partial charge >= 0.3 is 0 Å². The highest BCUT2D eigenvalue weighted by Crippen LogP contribution is 2.20. The quantitative estimate of drug-likeness (QED) is 0.615. The van der Waals surface area contributed by atoms with Crippen molar-refractivity contribution in [2.45, 2.75) is 64.2 Å². The van der Waals surface area contributed by atoms with Crippen LogP contribution < -0.4 is 5.32 Å². The fourth-order valence-corrected chi connectivity index (χ4v) is 2.34. The summed E-state index contributed by atoms with van der Waals surface area (Å²) in [4.78, 5) is 0. The van der Waals surface area contributed by atoms with Crippen LogP contribution in [0, 0.1) is 5.92 Å². The third-order valence-electron chi connectivity index (χ3n) is 3.69. The zero-order chi connectivity index (χ0) is 13.4. The van der Waals surface area contributed by atoms with Crippen molar-refractivity contribution >= 4 is 0 Å². The molecule has 4 heteroatoms. The summed E-state index contributed by atoms with van der Waals surface area (Å²) in [5.41, 5.74) is 0. The van der Waals surface area contributed by atoms with E-state index in [4.69, 9.17) is 9.84 Å². The third-order valence-corrected chi connectivity index (χ3v) is 3.69. The summed E-state index contributed by atoms with van der Waals surface area (Å²) in [6, 6.07) is 0.0503. The Bertz CT molecular complexity index is 205. The van der Waals surface area contributed by atoms with Crippen LogP contribution in [0.15, 0.2) is 0 Å². The molecule has 0 aromatic heterocycles. The van der Waals surface area contributed by atoms with Crippen molar-refractivity contribution in [1.82, 2.24) is 5.32 Å². The maximum atomic E-state index is 9.84. The van der Waals surface area contributed by atoms with Crippen LogP contribution in [0.5, 0.6) is 0 Å². The topological polar surface area (TPSA) is 61.7 Å². The number of hydrogen-bond donors (Lipinski definition) is 3. The Labute approximate surface area is 111 Å². The van der Waals surface area contributed by atoms with Crippen molar-refractivity contribution in [2.24, 2.45) is 5.92 Å². The van der Waals surface area contributed by atoms with Gasteiger partial charge in [0.15, 0.2) is 0 Å². The molecule has 1 aliphatic carbocycles. The largest absolute Gasteiger partial charge is 0.395 e. The van der Waals surface area contributed by atoms with E-state index in [9.17, 15) is 5.11 Å². The highest BCUT2D eigenvalue weighted by molar-refractivity contribution is 4.72. The zero-order valence-electron chi connectivity index (χ0n) is 11.8. The smallest absolute Gasteiger partial charge is 0.0897 e. The SMILES string of the molecule is CC(C)[C@@H](CO)NCC(O)COC1CCCCC1. The third kappa shape index (κ3) is 6.14. The molecule has 0 amide bonds. The molecule has 1 aliphatic rings. The summed E-state index contributed by atoms with van der Waals surface area (Å²) in [5.74, 6) is 0.362. The minimum absolute atomic E-state index is 0.0503. The molecular weight excluding hydrogens is 230 g/mol. The summed E-state index contributed by atoms with van der Waals surface area (Å²) in [5, 5.41) is 22.2. The first-order valence-corrected chi connectivity index (χ1v) is 7.27. The van der Waals surface area contributed by atoms with Gasteiger partial charge in [-0.1, -0.05) is 33.1 Å². The Morgan fingerprint density at radius 1 is 1.22 bits per heavy atom. The van der Waals surface area contributed by atoms with Crippen LogP contribution in [0.25, 0.3) is 0 Å². The summed E-state index contributed by atoms with van der Waals surface area (Å²) in [6.45, 7) is 5.09. The summed E-state index contributed by atoms with van der Waals surface area (Å²) in [6.07, 6.45) is 5.93. The van der Waals surface area contributed by atoms with Gasteiger partial charge < -0.3 is 20.3 Å². The fourth-order valence-electron chi connectivity index (χ4n) is 2.34. The van der Waals surface area contributed by atoms with Gasteiger partial charge in [-0.15, -0.1) is 0 Å². The number of nitrogens with one attached hydrogen (secondary N) is 1. The molecule has 4 nitrogen and oxygen atoms in total. The van der Waals surface area contributed by atoms with Crippen LogP contribution >= 0.6 is 0 Å². The number of aliphatic hydroxyl groups excluding tert-OH is 2. The van der Waals surface area contributed by atoms with E-state index < -0.39 is 6.10 Å². The van der Waals surface area contributed by atoms with E-state index in [-0.39, 0.29) is 12.6 Å². The van der Waals surface area contributed by atoms with Crippen LogP contribution in [0.3, 0.4) is 0 Å². The first kappa shape index (κ1) is 15.9. The van der Waals surface area contributed by atoms with E-state index in [0.717, 1.165) is 12.8 Å². The highest BCUT2D eigenvalue weighted by Gasteiger charge is 2.17. The minimum atomic E-state index is -0.486. The molecule has 0 aromatic rings. The normalized spacial score (nSPS) is 21.2. The van der Waals surface area contributed by atoms with E-state index in [1.165, 1.54) is 19.3 Å². The van der Waals surface area contributed by atoms with Gasteiger partial charge in [0, 0.05) is 12.6 Å². The van der Waals surface area contributed by atoms with Gasteiger partial charge in [0.25, 0.3) is 0 Å². The molecule has 3 N–H and O–H groups in total. The highest BCUT2D eigenvalue weighted by atomic mass is 16.5. The molecule has 0 bridgehead atoms. The predicted octanol–water partition coefficient (Wildman–Crippen LogP) is 1.30. The second-order valence-electron chi connectivity index (χ2n) is 5.69. The molecule has 1 saturated carbocycles. The monoisotopic (exact) mass is 259 g/mol. The Kier molecular flexibility index (Phi) is 7.82. The Morgan fingerprint density at radius 2 is 1.89 bits per heavy atom. The first-order chi connectivity index (χ1) is 8.63. The van der Waals surface area contributed by atoms with Crippen molar-refractivity contribution in [2.75, 3.05) is 19.8 Å². The zero-order valence-corrected chi connectivity index (χ0v) is 11.8. The fraction of sp³-hybridized carbons (Fsp3) is 1.00. The van der Waals surface area contributed by atoms with Gasteiger partial charge in [-0.3, -0.25) is 0 Å². The van der Waals surface area contributed by atoms with E-state index in [0.29, 0.717) is 25.2 Å². The molecule has 2 atom stereocenters. The molecule has 0 aliphatic heterocycles. The number of aliphatic hydroxyl groups is 2. The van der Waals surface area contributed by atoms with E-state index >= 15 is 0 Å². The lowest BCUT2D eigenvalue weighted by Gasteiger charge is -2.25. The molecule has 1 rings (SSSR count). The molecule has 0 aromatic carbocycles. The van der Waals surface area contributed by atoms with Gasteiger partial charge in [-0.2, -0.15) is 0 Å². The number of rotatable bonds is 8. The molecule has 1 unspecified atom stereocenters. The Balaban J connectivity index is 2.10. The van der Waals surface area contributed by atoms with Crippen molar-refractivity contribution < 1.29 is 14.9 Å². The molecule has 0 radical (unpaired) electrons. The second kappa shape index (κ2) is 8.86. The molecule has 0 saturated heterocycles. The number of ether oxygens (including phenoxy) is 1. The standard InChI is InChI=1S/C14H29NO3/c1-11(2)14(9-16)15-8-12(17)10-18-13-6-4-3-5-7-13/h11-17H,3-10H2,1-2H3/t12?,14-/m1/s1. The van der Waals surface area contributed by atoms with E-state index in [1.807, 2.05) is 0 Å².